The van der Waals surface area contributed by atoms with Crippen molar-refractivity contribution >= 4 is 5.91 Å². The van der Waals surface area contributed by atoms with Gasteiger partial charge in [0.1, 0.15) is 0 Å². The summed E-state index contributed by atoms with van der Waals surface area (Å²) in [5.41, 5.74) is 8.63. The first-order valence-electron chi connectivity index (χ1n) is 6.87. The Hall–Kier alpha value is -1.35. The Morgan fingerprint density at radius 2 is 1.83 bits per heavy atom. The van der Waals surface area contributed by atoms with Gasteiger partial charge in [0.15, 0.2) is 0 Å². The number of carbonyl (C=O) groups excluding carboxylic acids is 1. The second kappa shape index (κ2) is 4.73. The van der Waals surface area contributed by atoms with Crippen LogP contribution >= 0.6 is 0 Å². The number of benzene rings is 1. The maximum Gasteiger partial charge on any atom is 0.237 e. The van der Waals surface area contributed by atoms with Crippen LogP contribution < -0.4 is 10.9 Å². The van der Waals surface area contributed by atoms with Crippen LogP contribution in [-0.4, -0.2) is 5.91 Å². The molecule has 1 saturated heterocycles. The molecule has 3 nitrogen and oxygen atoms in total. The maximum atomic E-state index is 11.9. The fourth-order valence-corrected chi connectivity index (χ4v) is 3.34. The number of amides is 1. The average molecular weight is 244 g/mol. The molecule has 18 heavy (non-hydrogen) atoms. The predicted octanol–water partition coefficient (Wildman–Crippen LogP) is 2.48. The number of rotatable bonds is 1. The number of hydrogen-bond donors (Lipinski definition) is 2. The van der Waals surface area contributed by atoms with Crippen molar-refractivity contribution in [1.29, 1.82) is 0 Å². The summed E-state index contributed by atoms with van der Waals surface area (Å²) in [6.07, 6.45) is 4.64. The van der Waals surface area contributed by atoms with E-state index in [9.17, 15) is 4.79 Å². The number of carbonyl (C=O) groups is 1. The Morgan fingerprint density at radius 1 is 1.11 bits per heavy atom. The van der Waals surface area contributed by atoms with E-state index in [-0.39, 0.29) is 17.9 Å². The molecule has 3 rings (SSSR count). The van der Waals surface area contributed by atoms with Crippen molar-refractivity contribution in [1.82, 2.24) is 10.9 Å². The van der Waals surface area contributed by atoms with Crippen LogP contribution in [0.3, 0.4) is 0 Å². The summed E-state index contributed by atoms with van der Waals surface area (Å²) >= 11 is 0. The van der Waals surface area contributed by atoms with Crippen LogP contribution in [0.5, 0.6) is 0 Å². The smallest absolute Gasteiger partial charge is 0.237 e. The van der Waals surface area contributed by atoms with Gasteiger partial charge in [0.2, 0.25) is 5.91 Å². The van der Waals surface area contributed by atoms with Gasteiger partial charge < -0.3 is 0 Å². The topological polar surface area (TPSA) is 41.1 Å². The highest BCUT2D eigenvalue weighted by Gasteiger charge is 2.40. The molecule has 0 unspecified atom stereocenters. The lowest BCUT2D eigenvalue weighted by Gasteiger charge is -2.41. The molecule has 1 amide bonds. The minimum atomic E-state index is 0.183. The summed E-state index contributed by atoms with van der Waals surface area (Å²) in [6, 6.07) is 8.91. The number of nitrogens with one attached hydrogen (secondary N) is 2. The van der Waals surface area contributed by atoms with Gasteiger partial charge in [0, 0.05) is 5.92 Å². The summed E-state index contributed by atoms with van der Waals surface area (Å²) in [6.45, 7) is 2.10. The van der Waals surface area contributed by atoms with Crippen LogP contribution in [0, 0.1) is 18.8 Å². The van der Waals surface area contributed by atoms with Gasteiger partial charge in [-0.05, 0) is 31.2 Å². The molecule has 2 fully saturated rings. The Bertz CT molecular complexity index is 440. The molecule has 0 bridgehead atoms. The van der Waals surface area contributed by atoms with E-state index in [0.29, 0.717) is 5.92 Å². The van der Waals surface area contributed by atoms with Crippen molar-refractivity contribution in [2.75, 3.05) is 0 Å². The van der Waals surface area contributed by atoms with E-state index in [0.717, 1.165) is 12.8 Å². The standard InChI is InChI=1S/C15H20N2O/c1-10-6-8-11(9-7-10)14-12-4-2-3-5-13(12)15(18)17-16-14/h6-9,12-14,16H,2-5H2,1H3,(H,17,18)/t12-,13-,14+/m1/s1. The van der Waals surface area contributed by atoms with E-state index in [1.54, 1.807) is 0 Å². The average Bonchev–Trinajstić information content (AvgIpc) is 2.41. The van der Waals surface area contributed by atoms with E-state index in [2.05, 4.69) is 42.0 Å². The molecule has 1 aliphatic heterocycles. The maximum absolute atomic E-state index is 11.9. The molecule has 0 aromatic heterocycles. The Balaban J connectivity index is 1.87. The summed E-state index contributed by atoms with van der Waals surface area (Å²) in [4.78, 5) is 11.9. The summed E-state index contributed by atoms with van der Waals surface area (Å²) < 4.78 is 0. The normalized spacial score (nSPS) is 31.6. The summed E-state index contributed by atoms with van der Waals surface area (Å²) in [7, 11) is 0. The monoisotopic (exact) mass is 244 g/mol. The van der Waals surface area contributed by atoms with Crippen molar-refractivity contribution in [2.24, 2.45) is 11.8 Å². The molecular formula is C15H20N2O. The molecule has 0 spiro atoms. The first-order valence-corrected chi connectivity index (χ1v) is 6.87. The molecule has 0 radical (unpaired) electrons. The zero-order valence-electron chi connectivity index (χ0n) is 10.8. The van der Waals surface area contributed by atoms with E-state index >= 15 is 0 Å². The lowest BCUT2D eigenvalue weighted by molar-refractivity contribution is -0.133. The van der Waals surface area contributed by atoms with Crippen LogP contribution in [0.1, 0.15) is 42.9 Å². The third-order valence-electron chi connectivity index (χ3n) is 4.37. The van der Waals surface area contributed by atoms with Crippen LogP contribution in [0.4, 0.5) is 0 Å². The Labute approximate surface area is 108 Å². The SMILES string of the molecule is Cc1ccc([C@@H]2NNC(=O)[C@@H]3CCCC[C@H]32)cc1. The van der Waals surface area contributed by atoms with Gasteiger partial charge in [-0.1, -0.05) is 42.7 Å². The highest BCUT2D eigenvalue weighted by molar-refractivity contribution is 5.79. The molecule has 3 atom stereocenters. The third-order valence-corrected chi connectivity index (χ3v) is 4.37. The fraction of sp³-hybridized carbons (Fsp3) is 0.533. The van der Waals surface area contributed by atoms with Crippen LogP contribution in [0.15, 0.2) is 24.3 Å². The number of hydrazine groups is 1. The molecule has 2 aliphatic rings. The van der Waals surface area contributed by atoms with Crippen molar-refractivity contribution in [3.63, 3.8) is 0 Å². The lowest BCUT2D eigenvalue weighted by Crippen LogP contribution is -2.55. The number of aryl methyl sites for hydroxylation is 1. The predicted molar refractivity (Wildman–Crippen MR) is 70.6 cm³/mol. The zero-order chi connectivity index (χ0) is 12.5. The van der Waals surface area contributed by atoms with E-state index < -0.39 is 0 Å². The molecule has 1 aromatic carbocycles. The van der Waals surface area contributed by atoms with Gasteiger partial charge in [-0.15, -0.1) is 0 Å². The number of fused-ring (bicyclic) bond motifs is 1. The van der Waals surface area contributed by atoms with Gasteiger partial charge in [-0.2, -0.15) is 0 Å². The Morgan fingerprint density at radius 3 is 2.61 bits per heavy atom. The zero-order valence-corrected chi connectivity index (χ0v) is 10.8. The van der Waals surface area contributed by atoms with Gasteiger partial charge in [-0.25, -0.2) is 5.43 Å². The molecule has 1 heterocycles. The molecule has 1 saturated carbocycles. The lowest BCUT2D eigenvalue weighted by atomic mass is 9.72. The molecule has 2 N–H and O–H groups in total. The van der Waals surface area contributed by atoms with E-state index in [4.69, 9.17) is 0 Å². The van der Waals surface area contributed by atoms with Gasteiger partial charge >= 0.3 is 0 Å². The van der Waals surface area contributed by atoms with Gasteiger partial charge in [-0.3, -0.25) is 10.2 Å². The second-order valence-corrected chi connectivity index (χ2v) is 5.58. The molecule has 1 aliphatic carbocycles. The quantitative estimate of drug-likeness (QED) is 0.797. The summed E-state index contributed by atoms with van der Waals surface area (Å²) in [5, 5.41) is 0. The van der Waals surface area contributed by atoms with Gasteiger partial charge in [0.25, 0.3) is 0 Å². The van der Waals surface area contributed by atoms with Crippen LogP contribution in [0.25, 0.3) is 0 Å². The fourth-order valence-electron chi connectivity index (χ4n) is 3.34. The highest BCUT2D eigenvalue weighted by Crippen LogP contribution is 2.40. The van der Waals surface area contributed by atoms with Crippen molar-refractivity contribution < 1.29 is 4.79 Å². The van der Waals surface area contributed by atoms with Crippen LogP contribution in [-0.2, 0) is 4.79 Å². The van der Waals surface area contributed by atoms with E-state index in [1.165, 1.54) is 24.0 Å². The minimum absolute atomic E-state index is 0.183. The second-order valence-electron chi connectivity index (χ2n) is 5.58. The Kier molecular flexibility index (Phi) is 3.08. The largest absolute Gasteiger partial charge is 0.291 e. The minimum Gasteiger partial charge on any atom is -0.291 e. The van der Waals surface area contributed by atoms with Gasteiger partial charge in [0.05, 0.1) is 6.04 Å². The van der Waals surface area contributed by atoms with Crippen molar-refractivity contribution in [3.05, 3.63) is 35.4 Å². The number of hydrogen-bond acceptors (Lipinski definition) is 2. The van der Waals surface area contributed by atoms with E-state index in [1.807, 2.05) is 0 Å². The summed E-state index contributed by atoms with van der Waals surface area (Å²) in [5.74, 6) is 0.838. The van der Waals surface area contributed by atoms with Crippen molar-refractivity contribution in [3.8, 4) is 0 Å². The molecule has 96 valence electrons. The first-order chi connectivity index (χ1) is 8.75. The molecule has 3 heteroatoms. The van der Waals surface area contributed by atoms with Crippen LogP contribution in [0.2, 0.25) is 0 Å². The first kappa shape index (κ1) is 11.7. The molecule has 1 aromatic rings. The molecular weight excluding hydrogens is 224 g/mol. The highest BCUT2D eigenvalue weighted by atomic mass is 16.2. The van der Waals surface area contributed by atoms with Crippen molar-refractivity contribution in [2.45, 2.75) is 38.6 Å². The third kappa shape index (κ3) is 2.03.